The molecule has 0 bridgehead atoms. The number of ketones is 1. The van der Waals surface area contributed by atoms with Gasteiger partial charge in [-0.05, 0) is 25.0 Å². The molecule has 0 aliphatic heterocycles. The van der Waals surface area contributed by atoms with Gasteiger partial charge in [-0.3, -0.25) is 9.36 Å². The molecule has 0 spiro atoms. The predicted molar refractivity (Wildman–Crippen MR) is 107 cm³/mol. The van der Waals surface area contributed by atoms with Crippen LogP contribution in [0.25, 0.3) is 0 Å². The van der Waals surface area contributed by atoms with Crippen molar-refractivity contribution < 1.29 is 27.9 Å². The molecule has 1 aromatic carbocycles. The second-order valence-electron chi connectivity index (χ2n) is 5.90. The molecule has 1 atom stereocenters. The highest BCUT2D eigenvalue weighted by atomic mass is 79.9. The summed E-state index contributed by atoms with van der Waals surface area (Å²) in [6, 6.07) is 6.62. The molecule has 2 N–H and O–H groups in total. The second-order valence-corrected chi connectivity index (χ2v) is 8.96. The zero-order valence-electron chi connectivity index (χ0n) is 15.7. The summed E-state index contributed by atoms with van der Waals surface area (Å²) in [5, 5.41) is 0. The van der Waals surface area contributed by atoms with Crippen molar-refractivity contribution in [3.8, 4) is 0 Å². The molecule has 0 fully saturated rings. The number of nitrogens with two attached hydrogens (primary N) is 1. The van der Waals surface area contributed by atoms with Gasteiger partial charge in [0.1, 0.15) is 0 Å². The fourth-order valence-electron chi connectivity index (χ4n) is 1.94. The van der Waals surface area contributed by atoms with Gasteiger partial charge in [0.25, 0.3) is 0 Å². The van der Waals surface area contributed by atoms with Crippen LogP contribution >= 0.6 is 23.5 Å². The minimum Gasteiger partial charge on any atom is -0.456 e. The van der Waals surface area contributed by atoms with Crippen LogP contribution in [0.2, 0.25) is 0 Å². The molecule has 1 unspecified atom stereocenters. The van der Waals surface area contributed by atoms with Crippen LogP contribution in [0.5, 0.6) is 0 Å². The van der Waals surface area contributed by atoms with E-state index < -0.39 is 31.7 Å². The summed E-state index contributed by atoms with van der Waals surface area (Å²) in [7, 11) is -3.88. The first-order valence-corrected chi connectivity index (χ1v) is 11.3. The zero-order chi connectivity index (χ0) is 20.3. The number of carbonyl (C=O) groups is 2. The molecular weight excluding hydrogens is 437 g/mol. The molecule has 9 heteroatoms. The number of Topliss-reactive ketones (excluding diaryl/α,β-unsaturated/α-hetero) is 1. The van der Waals surface area contributed by atoms with Crippen molar-refractivity contribution in [3.05, 3.63) is 34.3 Å². The summed E-state index contributed by atoms with van der Waals surface area (Å²) < 4.78 is 29.3. The summed E-state index contributed by atoms with van der Waals surface area (Å²) in [6.07, 6.45) is 2.97. The van der Waals surface area contributed by atoms with Gasteiger partial charge in [-0.2, -0.15) is 0 Å². The van der Waals surface area contributed by atoms with E-state index in [-0.39, 0.29) is 13.2 Å². The normalized spacial score (nSPS) is 12.6. The summed E-state index contributed by atoms with van der Waals surface area (Å²) in [6.45, 7) is 3.73. The summed E-state index contributed by atoms with van der Waals surface area (Å²) >= 11 is 3.28. The Labute approximate surface area is 168 Å². The number of esters is 1. The standard InChI is InChI=1S/C18H27BrNO6P/c1-3-5-11-25-27(23,26-12-6-4-2)17(20)18(22)24-13-16(21)14-7-9-15(19)10-8-14/h7-10,17H,3-6,11-13,20H2,1-2H3. The van der Waals surface area contributed by atoms with Gasteiger partial charge >= 0.3 is 13.6 Å². The van der Waals surface area contributed by atoms with E-state index in [1.54, 1.807) is 24.3 Å². The molecule has 0 saturated heterocycles. The van der Waals surface area contributed by atoms with E-state index in [0.29, 0.717) is 18.4 Å². The highest BCUT2D eigenvalue weighted by Crippen LogP contribution is 2.51. The van der Waals surface area contributed by atoms with Crippen molar-refractivity contribution in [1.29, 1.82) is 0 Å². The molecule has 7 nitrogen and oxygen atoms in total. The molecule has 0 aromatic heterocycles. The highest BCUT2D eigenvalue weighted by Gasteiger charge is 2.40. The summed E-state index contributed by atoms with van der Waals surface area (Å²) in [5.41, 5.74) is 6.19. The SMILES string of the molecule is CCCCOP(=O)(OCCCC)C(N)C(=O)OCC(=O)c1ccc(Br)cc1. The lowest BCUT2D eigenvalue weighted by Gasteiger charge is -2.23. The van der Waals surface area contributed by atoms with E-state index in [1.807, 2.05) is 13.8 Å². The average Bonchev–Trinajstić information content (AvgIpc) is 2.66. The predicted octanol–water partition coefficient (Wildman–Crippen LogP) is 4.29. The maximum Gasteiger partial charge on any atom is 0.358 e. The van der Waals surface area contributed by atoms with Gasteiger partial charge in [0.2, 0.25) is 5.78 Å². The highest BCUT2D eigenvalue weighted by molar-refractivity contribution is 9.10. The van der Waals surface area contributed by atoms with Gasteiger partial charge in [-0.1, -0.05) is 54.8 Å². The quantitative estimate of drug-likeness (QED) is 0.201. The Morgan fingerprint density at radius 3 is 2.07 bits per heavy atom. The zero-order valence-corrected chi connectivity index (χ0v) is 18.2. The van der Waals surface area contributed by atoms with Gasteiger partial charge in [0.05, 0.1) is 13.2 Å². The number of hydrogen-bond donors (Lipinski definition) is 1. The van der Waals surface area contributed by atoms with Crippen molar-refractivity contribution in [3.63, 3.8) is 0 Å². The van der Waals surface area contributed by atoms with E-state index in [1.165, 1.54) is 0 Å². The lowest BCUT2D eigenvalue weighted by molar-refractivity contribution is -0.142. The molecule has 1 aromatic rings. The summed E-state index contributed by atoms with van der Waals surface area (Å²) in [4.78, 5) is 24.3. The van der Waals surface area contributed by atoms with Crippen LogP contribution in [0, 0.1) is 0 Å². The lowest BCUT2D eigenvalue weighted by Crippen LogP contribution is -2.35. The number of unbranched alkanes of at least 4 members (excludes halogenated alkanes) is 2. The van der Waals surface area contributed by atoms with E-state index in [2.05, 4.69) is 15.9 Å². The lowest BCUT2D eigenvalue weighted by atomic mass is 10.1. The maximum absolute atomic E-state index is 12.9. The van der Waals surface area contributed by atoms with Gasteiger partial charge < -0.3 is 19.5 Å². The first kappa shape index (κ1) is 24.0. The van der Waals surface area contributed by atoms with E-state index in [4.69, 9.17) is 19.5 Å². The van der Waals surface area contributed by atoms with Crippen LogP contribution in [-0.4, -0.2) is 37.4 Å². The molecule has 0 saturated carbocycles. The molecule has 152 valence electrons. The van der Waals surface area contributed by atoms with Gasteiger partial charge in [-0.15, -0.1) is 0 Å². The fourth-order valence-corrected chi connectivity index (χ4v) is 3.70. The molecule has 0 amide bonds. The molecule has 27 heavy (non-hydrogen) atoms. The number of carbonyl (C=O) groups excluding carboxylic acids is 2. The minimum atomic E-state index is -3.88. The third-order valence-electron chi connectivity index (χ3n) is 3.63. The van der Waals surface area contributed by atoms with Gasteiger partial charge in [-0.25, -0.2) is 4.79 Å². The Morgan fingerprint density at radius 1 is 1.07 bits per heavy atom. The van der Waals surface area contributed by atoms with Crippen molar-refractivity contribution >= 4 is 35.3 Å². The topological polar surface area (TPSA) is 105 Å². The monoisotopic (exact) mass is 463 g/mol. The van der Waals surface area contributed by atoms with Crippen LogP contribution in [0.3, 0.4) is 0 Å². The Kier molecular flexibility index (Phi) is 11.0. The van der Waals surface area contributed by atoms with Crippen LogP contribution in [-0.2, 0) is 23.1 Å². The van der Waals surface area contributed by atoms with E-state index in [9.17, 15) is 14.2 Å². The first-order chi connectivity index (χ1) is 12.8. The van der Waals surface area contributed by atoms with Crippen LogP contribution in [0.15, 0.2) is 28.7 Å². The Balaban J connectivity index is 2.67. The van der Waals surface area contributed by atoms with Crippen molar-refractivity contribution in [2.24, 2.45) is 5.73 Å². The molecular formula is C18H27BrNO6P. The summed E-state index contributed by atoms with van der Waals surface area (Å²) in [5.74, 6) is -2.97. The van der Waals surface area contributed by atoms with Gasteiger partial charge in [0, 0.05) is 10.0 Å². The fraction of sp³-hybridized carbons (Fsp3) is 0.556. The Bertz CT molecular complexity index is 638. The third-order valence-corrected chi connectivity index (χ3v) is 6.14. The molecule has 0 radical (unpaired) electrons. The van der Waals surface area contributed by atoms with E-state index in [0.717, 1.165) is 17.3 Å². The number of hydrogen-bond acceptors (Lipinski definition) is 7. The van der Waals surface area contributed by atoms with Crippen LogP contribution in [0.1, 0.15) is 49.9 Å². The second kappa shape index (κ2) is 12.4. The average molecular weight is 464 g/mol. The molecule has 0 aliphatic rings. The Morgan fingerprint density at radius 2 is 1.59 bits per heavy atom. The Hall–Kier alpha value is -1.05. The number of ether oxygens (including phenoxy) is 1. The minimum absolute atomic E-state index is 0.165. The first-order valence-electron chi connectivity index (χ1n) is 8.93. The molecule has 0 heterocycles. The van der Waals surface area contributed by atoms with Crippen molar-refractivity contribution in [2.45, 2.75) is 45.3 Å². The largest absolute Gasteiger partial charge is 0.456 e. The number of benzene rings is 1. The number of halogens is 1. The third kappa shape index (κ3) is 8.23. The van der Waals surface area contributed by atoms with Crippen molar-refractivity contribution in [2.75, 3.05) is 19.8 Å². The number of rotatable bonds is 13. The molecule has 1 rings (SSSR count). The van der Waals surface area contributed by atoms with Crippen molar-refractivity contribution in [1.82, 2.24) is 0 Å². The maximum atomic E-state index is 12.9. The van der Waals surface area contributed by atoms with Crippen LogP contribution < -0.4 is 5.73 Å². The van der Waals surface area contributed by atoms with Crippen LogP contribution in [0.4, 0.5) is 0 Å². The van der Waals surface area contributed by atoms with E-state index >= 15 is 0 Å². The smallest absolute Gasteiger partial charge is 0.358 e. The molecule has 0 aliphatic carbocycles. The van der Waals surface area contributed by atoms with Gasteiger partial charge in [0.15, 0.2) is 12.4 Å².